The molecule has 12 aliphatic heterocycles. The molecule has 7 saturated heterocycles. The van der Waals surface area contributed by atoms with Crippen molar-refractivity contribution in [1.82, 2.24) is 0 Å². The maximum Gasteiger partial charge on any atom is 0.346 e. The van der Waals surface area contributed by atoms with E-state index in [0.29, 0.717) is 72.6 Å². The molecule has 0 radical (unpaired) electrons. The summed E-state index contributed by atoms with van der Waals surface area (Å²) >= 11 is 0. The van der Waals surface area contributed by atoms with E-state index in [9.17, 15) is 115 Å². The summed E-state index contributed by atoms with van der Waals surface area (Å²) in [4.78, 5) is 279. The van der Waals surface area contributed by atoms with Crippen LogP contribution in [0.1, 0.15) is 134 Å². The van der Waals surface area contributed by atoms with Crippen molar-refractivity contribution >= 4 is 154 Å². The van der Waals surface area contributed by atoms with E-state index in [0.717, 1.165) is 12.8 Å². The molecular formula is C80H50O36. The number of hydrogen-bond donors (Lipinski definition) is 0. The summed E-state index contributed by atoms with van der Waals surface area (Å²) in [5.74, 6) is -23.0. The van der Waals surface area contributed by atoms with Crippen LogP contribution in [-0.4, -0.2) is 143 Å². The number of carbonyl (C=O) groups is 24. The zero-order valence-electron chi connectivity index (χ0n) is 59.0. The molecule has 4 aromatic carbocycles. The molecule has 4 aromatic rings. The van der Waals surface area contributed by atoms with Gasteiger partial charge in [-0.2, -0.15) is 0 Å². The second-order valence-electron chi connectivity index (χ2n) is 31.4. The minimum absolute atomic E-state index is 0.155. The van der Waals surface area contributed by atoms with Crippen molar-refractivity contribution < 1.29 is 172 Å². The van der Waals surface area contributed by atoms with Crippen LogP contribution in [0.2, 0.25) is 0 Å². The molecular weight excluding hydrogens is 1540 g/mol. The summed E-state index contributed by atoms with van der Waals surface area (Å²) in [6.07, 6.45) is 9.04. The maximum absolute atomic E-state index is 11.8. The molecule has 6 saturated carbocycles. The smallest absolute Gasteiger partial charge is 0.346 e. The number of benzene rings is 4. The number of rotatable bonds is 2. The molecule has 13 fully saturated rings. The van der Waals surface area contributed by atoms with Gasteiger partial charge in [-0.3, -0.25) is 67.1 Å². The Kier molecular flexibility index (Phi) is 16.2. The number of ether oxygens (including phenoxy) is 12. The Morgan fingerprint density at radius 1 is 0.207 bits per heavy atom. The minimum Gasteiger partial charge on any atom is -0.393 e. The van der Waals surface area contributed by atoms with Crippen LogP contribution in [0.15, 0.2) is 84.0 Å². The number of carbonyl (C=O) groups excluding carboxylic acids is 24. The molecule has 25 rings (SSSR count). The van der Waals surface area contributed by atoms with Gasteiger partial charge < -0.3 is 56.8 Å². The van der Waals surface area contributed by atoms with Crippen LogP contribution in [0.5, 0.6) is 0 Å². The Morgan fingerprint density at radius 2 is 0.466 bits per heavy atom. The number of allylic oxidation sites excluding steroid dienone is 2. The second kappa shape index (κ2) is 25.9. The van der Waals surface area contributed by atoms with Crippen molar-refractivity contribution in [2.45, 2.75) is 51.4 Å². The predicted octanol–water partition coefficient (Wildman–Crippen LogP) is 2.69. The summed E-state index contributed by atoms with van der Waals surface area (Å²) in [7, 11) is 0. The molecule has 21 aliphatic rings. The molecule has 6 bridgehead atoms. The van der Waals surface area contributed by atoms with E-state index in [4.69, 9.17) is 9.47 Å². The van der Waals surface area contributed by atoms with Crippen molar-refractivity contribution in [2.75, 3.05) is 0 Å². The standard InChI is InChI=1S/C16H18O6.C16H6O6.C14H4O6.C12H8O6.C11H8O6.C11H6O6/c2*17-13-9-3-1-7(5-11(9)15(19)21-13)8-2-4-10-12(6-8)16(20)22-14(10)18;15-11-5-1-2-6-10-8(14(18)20-12(6)16)4-3-7(9(5)10)13(17)19-11;13-9-5-3-1-2-4(7(5)11(15)17-9)8-6(3)10(14)18-12(8)16;2*12-8-4-2-1-3(6(4)10(14)16-8)7-5(2)9(13)17-11(7)15/h7-12H,1-6H2;1-6H;1-4H;1-8H;2-7H,1H2;2-4,6H,1H2. The van der Waals surface area contributed by atoms with Gasteiger partial charge in [-0.15, -0.1) is 0 Å². The Bertz CT molecular complexity index is 5220. The van der Waals surface area contributed by atoms with Gasteiger partial charge in [-0.05, 0) is 135 Å². The molecule has 36 heteroatoms. The van der Waals surface area contributed by atoms with Crippen molar-refractivity contribution in [1.29, 1.82) is 0 Å². The molecule has 586 valence electrons. The lowest BCUT2D eigenvalue weighted by Crippen LogP contribution is -2.50. The highest BCUT2D eigenvalue weighted by Crippen LogP contribution is 2.64. The van der Waals surface area contributed by atoms with Gasteiger partial charge in [0.2, 0.25) is 0 Å². The molecule has 12 heterocycles. The van der Waals surface area contributed by atoms with Gasteiger partial charge >= 0.3 is 143 Å². The Labute approximate surface area is 644 Å². The van der Waals surface area contributed by atoms with E-state index in [2.05, 4.69) is 47.4 Å². The minimum atomic E-state index is -0.794. The number of fused-ring (bicyclic) bond motifs is 19. The fraction of sp³-hybridized carbons (Fsp3) is 0.375. The third-order valence-corrected chi connectivity index (χ3v) is 26.4. The van der Waals surface area contributed by atoms with Gasteiger partial charge in [0.1, 0.15) is 0 Å². The van der Waals surface area contributed by atoms with E-state index < -0.39 is 190 Å². The first kappa shape index (κ1) is 72.5. The normalized spacial score (nSPS) is 35.1. The van der Waals surface area contributed by atoms with Gasteiger partial charge in [0, 0.05) is 34.4 Å². The fourth-order valence-electron chi connectivity index (χ4n) is 21.6. The highest BCUT2D eigenvalue weighted by atomic mass is 16.6. The molecule has 116 heavy (non-hydrogen) atoms. The molecule has 0 N–H and O–H groups in total. The number of hydrogen-bond acceptors (Lipinski definition) is 36. The zero-order chi connectivity index (χ0) is 81.3. The van der Waals surface area contributed by atoms with E-state index in [1.54, 1.807) is 24.3 Å². The molecule has 18 atom stereocenters. The lowest BCUT2D eigenvalue weighted by atomic mass is 9.54. The molecule has 9 aliphatic carbocycles. The topological polar surface area (TPSA) is 520 Å². The summed E-state index contributed by atoms with van der Waals surface area (Å²) in [5.41, 5.74) is 3.26. The SMILES string of the molecule is O=C1OC(=O)C2=C1C1CC2C2C(=O)OC(=O)C12.O=C1OC(=O)C2C3C=CC(C12)C1C(=O)OC(=O)C31.O=C1OC(=O)C2C3CC(C12)C1C(=O)OC(=O)C31.O=C1OC(=O)C2CC(C3CCC4C(=O)OC(=O)C4C3)CCC12.O=C1OC(=O)c2cc(-c3ccc4c(c3)C(=O)OC4=O)ccc21.O=C1OC(=O)c2ccc3c4c(ccc1c24)C(=O)OC3=O. The average molecular weight is 1590 g/mol. The molecule has 0 aromatic heterocycles. The quantitative estimate of drug-likeness (QED) is 0.120. The Hall–Kier alpha value is -13.7. The molecule has 18 unspecified atom stereocenters. The molecule has 0 amide bonds. The van der Waals surface area contributed by atoms with Crippen LogP contribution in [-0.2, 0) is 134 Å². The van der Waals surface area contributed by atoms with Crippen molar-refractivity contribution in [3.8, 4) is 11.1 Å². The van der Waals surface area contributed by atoms with E-state index in [1.807, 2.05) is 0 Å². The second-order valence-corrected chi connectivity index (χ2v) is 31.4. The third-order valence-electron chi connectivity index (χ3n) is 26.4. The van der Waals surface area contributed by atoms with Crippen LogP contribution in [0.4, 0.5) is 0 Å². The van der Waals surface area contributed by atoms with Crippen LogP contribution in [0.25, 0.3) is 21.9 Å². The Balaban J connectivity index is 0.0000000931. The summed E-state index contributed by atoms with van der Waals surface area (Å²) < 4.78 is 55.4. The van der Waals surface area contributed by atoms with Crippen LogP contribution in [0.3, 0.4) is 0 Å². The Morgan fingerprint density at radius 3 is 0.793 bits per heavy atom. The fourth-order valence-corrected chi connectivity index (χ4v) is 21.6. The monoisotopic (exact) mass is 1590 g/mol. The summed E-state index contributed by atoms with van der Waals surface area (Å²) in [5, 5.41) is 0.539. The van der Waals surface area contributed by atoms with Crippen LogP contribution >= 0.6 is 0 Å². The lowest BCUT2D eigenvalue weighted by molar-refractivity contribution is -0.158. The van der Waals surface area contributed by atoms with Gasteiger partial charge in [0.05, 0.1) is 139 Å². The largest absolute Gasteiger partial charge is 0.393 e. The zero-order valence-corrected chi connectivity index (χ0v) is 59.0. The van der Waals surface area contributed by atoms with Crippen molar-refractivity contribution in [3.05, 3.63) is 128 Å². The van der Waals surface area contributed by atoms with Gasteiger partial charge in [0.25, 0.3) is 0 Å². The first-order valence-electron chi connectivity index (χ1n) is 36.9. The van der Waals surface area contributed by atoms with E-state index >= 15 is 0 Å². The van der Waals surface area contributed by atoms with Gasteiger partial charge in [-0.1, -0.05) is 24.3 Å². The lowest BCUT2D eigenvalue weighted by Gasteiger charge is -2.42. The van der Waals surface area contributed by atoms with Crippen LogP contribution < -0.4 is 0 Å². The first-order valence-corrected chi connectivity index (χ1v) is 36.9. The molecule has 36 nitrogen and oxygen atoms in total. The number of cyclic esters (lactones) is 24. The molecule has 0 spiro atoms. The van der Waals surface area contributed by atoms with Crippen molar-refractivity contribution in [2.24, 2.45) is 130 Å². The van der Waals surface area contributed by atoms with Crippen molar-refractivity contribution in [3.63, 3.8) is 0 Å². The third kappa shape index (κ3) is 10.6. The maximum atomic E-state index is 11.8. The number of esters is 24. The van der Waals surface area contributed by atoms with Gasteiger partial charge in [-0.25, -0.2) is 47.9 Å². The summed E-state index contributed by atoms with van der Waals surface area (Å²) in [6.45, 7) is 0. The van der Waals surface area contributed by atoms with Gasteiger partial charge in [0.15, 0.2) is 0 Å². The first-order chi connectivity index (χ1) is 55.4. The highest BCUT2D eigenvalue weighted by Gasteiger charge is 2.73. The average Bonchev–Trinajstić information content (AvgIpc) is 1.53. The van der Waals surface area contributed by atoms with E-state index in [1.165, 1.54) is 48.5 Å². The summed E-state index contributed by atoms with van der Waals surface area (Å²) in [6, 6.07) is 14.9. The van der Waals surface area contributed by atoms with Crippen LogP contribution in [0, 0.1) is 130 Å². The predicted molar refractivity (Wildman–Crippen MR) is 353 cm³/mol. The van der Waals surface area contributed by atoms with E-state index in [-0.39, 0.29) is 127 Å². The highest BCUT2D eigenvalue weighted by molar-refractivity contribution is 6.29.